The lowest BCUT2D eigenvalue weighted by atomic mass is 10.3. The van der Waals surface area contributed by atoms with Crippen LogP contribution < -0.4 is 5.32 Å². The van der Waals surface area contributed by atoms with Crippen molar-refractivity contribution in [1.82, 2.24) is 9.97 Å². The summed E-state index contributed by atoms with van der Waals surface area (Å²) in [6.45, 7) is 2.12. The molecule has 1 aromatic carbocycles. The molecule has 0 bridgehead atoms. The number of rotatable bonds is 5. The van der Waals surface area contributed by atoms with Crippen LogP contribution in [-0.2, 0) is 12.2 Å². The third-order valence-electron chi connectivity index (χ3n) is 2.65. The van der Waals surface area contributed by atoms with Crippen molar-refractivity contribution < 1.29 is 0 Å². The molecule has 0 atom stereocenters. The summed E-state index contributed by atoms with van der Waals surface area (Å²) >= 11 is 4.07. The average molecular weight is 385 g/mol. The molecule has 1 N–H and O–H groups in total. The van der Waals surface area contributed by atoms with Crippen LogP contribution in [0, 0.1) is 3.57 Å². The Morgan fingerprint density at radius 2 is 1.95 bits per heavy atom. The second-order valence-electron chi connectivity index (χ2n) is 3.95. The van der Waals surface area contributed by atoms with Gasteiger partial charge in [-0.15, -0.1) is 11.8 Å². The molecule has 0 radical (unpaired) electrons. The van der Waals surface area contributed by atoms with E-state index < -0.39 is 0 Å². The first-order valence-electron chi connectivity index (χ1n) is 6.15. The topological polar surface area (TPSA) is 37.8 Å². The first kappa shape index (κ1) is 14.6. The number of hydrogen-bond acceptors (Lipinski definition) is 4. The monoisotopic (exact) mass is 385 g/mol. The van der Waals surface area contributed by atoms with Crippen molar-refractivity contribution in [1.29, 1.82) is 0 Å². The third kappa shape index (κ3) is 3.82. The van der Waals surface area contributed by atoms with Crippen molar-refractivity contribution in [3.8, 4) is 0 Å². The maximum atomic E-state index is 4.64. The van der Waals surface area contributed by atoms with Gasteiger partial charge in [-0.2, -0.15) is 0 Å². The molecule has 5 heteroatoms. The fraction of sp³-hybridized carbons (Fsp3) is 0.286. The highest BCUT2D eigenvalue weighted by Crippen LogP contribution is 2.24. The number of nitrogens with one attached hydrogen (secondary N) is 1. The Balaban J connectivity index is 2.16. The van der Waals surface area contributed by atoms with Crippen LogP contribution in [0.25, 0.3) is 0 Å². The number of hydrogen-bond donors (Lipinski definition) is 1. The van der Waals surface area contributed by atoms with Gasteiger partial charge in [-0.3, -0.25) is 0 Å². The fourth-order valence-corrected chi connectivity index (χ4v) is 3.34. The summed E-state index contributed by atoms with van der Waals surface area (Å²) in [6, 6.07) is 10.3. The minimum Gasteiger partial charge on any atom is -0.372 e. The highest BCUT2D eigenvalue weighted by molar-refractivity contribution is 14.1. The summed E-state index contributed by atoms with van der Waals surface area (Å²) < 4.78 is 1.12. The van der Waals surface area contributed by atoms with Gasteiger partial charge in [0.15, 0.2) is 0 Å². The number of benzene rings is 1. The summed E-state index contributed by atoms with van der Waals surface area (Å²) in [5.41, 5.74) is 1.11. The van der Waals surface area contributed by atoms with E-state index in [0.717, 1.165) is 33.1 Å². The number of nitrogens with zero attached hydrogens (tertiary/aromatic N) is 2. The Labute approximate surface area is 131 Å². The lowest BCUT2D eigenvalue weighted by molar-refractivity contribution is 0.929. The molecule has 2 aromatic rings. The van der Waals surface area contributed by atoms with Gasteiger partial charge in [-0.25, -0.2) is 9.97 Å². The third-order valence-corrected chi connectivity index (χ3v) is 4.79. The van der Waals surface area contributed by atoms with Crippen LogP contribution in [0.1, 0.15) is 18.4 Å². The van der Waals surface area contributed by atoms with E-state index in [0.29, 0.717) is 0 Å². The Kier molecular flexibility index (Phi) is 5.45. The molecule has 3 nitrogen and oxygen atoms in total. The van der Waals surface area contributed by atoms with E-state index in [1.807, 2.05) is 25.2 Å². The fourth-order valence-electron chi connectivity index (χ4n) is 1.67. The number of thioether (sulfide) groups is 1. The molecule has 0 aliphatic heterocycles. The normalized spacial score (nSPS) is 10.5. The average Bonchev–Trinajstić information content (AvgIpc) is 2.47. The molecule has 1 heterocycles. The molecule has 0 fully saturated rings. The number of aryl methyl sites for hydroxylation is 1. The zero-order valence-corrected chi connectivity index (χ0v) is 14.0. The maximum absolute atomic E-state index is 4.64. The number of aromatic nitrogens is 2. The van der Waals surface area contributed by atoms with Gasteiger partial charge >= 0.3 is 0 Å². The van der Waals surface area contributed by atoms with Crippen LogP contribution in [0.15, 0.2) is 35.2 Å². The van der Waals surface area contributed by atoms with E-state index >= 15 is 0 Å². The largest absolute Gasteiger partial charge is 0.372 e. The van der Waals surface area contributed by atoms with Crippen LogP contribution in [0.5, 0.6) is 0 Å². The van der Waals surface area contributed by atoms with Crippen molar-refractivity contribution in [2.45, 2.75) is 24.0 Å². The van der Waals surface area contributed by atoms with Crippen molar-refractivity contribution in [3.05, 3.63) is 45.4 Å². The van der Waals surface area contributed by atoms with E-state index in [1.165, 1.54) is 4.90 Å². The molecule has 1 aromatic heterocycles. The van der Waals surface area contributed by atoms with Gasteiger partial charge in [-0.05, 0) is 41.1 Å². The molecule has 19 heavy (non-hydrogen) atoms. The summed E-state index contributed by atoms with van der Waals surface area (Å²) in [4.78, 5) is 10.4. The number of anilines is 1. The molecule has 100 valence electrons. The summed E-state index contributed by atoms with van der Waals surface area (Å²) in [5.74, 6) is 2.61. The van der Waals surface area contributed by atoms with Crippen molar-refractivity contribution >= 4 is 40.2 Å². The van der Waals surface area contributed by atoms with E-state index in [1.54, 1.807) is 11.8 Å². The summed E-state index contributed by atoms with van der Waals surface area (Å²) in [6.07, 6.45) is 0.929. The standard InChI is InChI=1S/C14H16IN3S/c1-3-11-13(15)14(16-2)18-12(17-11)9-19-10-7-5-4-6-8-10/h4-8H,3,9H2,1-2H3,(H,16,17,18). The zero-order chi connectivity index (χ0) is 13.7. The summed E-state index contributed by atoms with van der Waals surface area (Å²) in [7, 11) is 1.90. The smallest absolute Gasteiger partial charge is 0.143 e. The van der Waals surface area contributed by atoms with Crippen LogP contribution >= 0.6 is 34.4 Å². The van der Waals surface area contributed by atoms with E-state index in [2.05, 4.69) is 56.9 Å². The highest BCUT2D eigenvalue weighted by Gasteiger charge is 2.10. The molecule has 0 spiro atoms. The molecule has 0 saturated carbocycles. The molecular weight excluding hydrogens is 369 g/mol. The molecule has 0 aliphatic carbocycles. The van der Waals surface area contributed by atoms with E-state index in [-0.39, 0.29) is 0 Å². The van der Waals surface area contributed by atoms with Crippen molar-refractivity contribution in [2.24, 2.45) is 0 Å². The number of halogens is 1. The van der Waals surface area contributed by atoms with Crippen LogP contribution in [0.3, 0.4) is 0 Å². The first-order chi connectivity index (χ1) is 9.24. The zero-order valence-electron chi connectivity index (χ0n) is 11.0. The molecule has 0 unspecified atom stereocenters. The predicted molar refractivity (Wildman–Crippen MR) is 89.7 cm³/mol. The Morgan fingerprint density at radius 3 is 2.58 bits per heavy atom. The second kappa shape index (κ2) is 7.09. The highest BCUT2D eigenvalue weighted by atomic mass is 127. The quantitative estimate of drug-likeness (QED) is 0.624. The van der Waals surface area contributed by atoms with Crippen molar-refractivity contribution in [2.75, 3.05) is 12.4 Å². The van der Waals surface area contributed by atoms with Crippen molar-refractivity contribution in [3.63, 3.8) is 0 Å². The molecule has 0 amide bonds. The lowest BCUT2D eigenvalue weighted by Gasteiger charge is -2.09. The molecular formula is C14H16IN3S. The van der Waals surface area contributed by atoms with Gasteiger partial charge in [0.1, 0.15) is 11.6 Å². The molecule has 0 saturated heterocycles. The Morgan fingerprint density at radius 1 is 1.21 bits per heavy atom. The van der Waals surface area contributed by atoms with Crippen LogP contribution in [0.4, 0.5) is 5.82 Å². The molecule has 2 rings (SSSR count). The molecule has 0 aliphatic rings. The van der Waals surface area contributed by atoms with E-state index in [9.17, 15) is 0 Å². The SMILES string of the molecule is CCc1nc(CSc2ccccc2)nc(NC)c1I. The predicted octanol–water partition coefficient (Wildman–Crippen LogP) is 3.98. The first-order valence-corrected chi connectivity index (χ1v) is 8.22. The van der Waals surface area contributed by atoms with Gasteiger partial charge in [0.05, 0.1) is 15.0 Å². The lowest BCUT2D eigenvalue weighted by Crippen LogP contribution is -2.06. The Bertz CT molecular complexity index is 521. The van der Waals surface area contributed by atoms with E-state index in [4.69, 9.17) is 0 Å². The van der Waals surface area contributed by atoms with Gasteiger partial charge in [-0.1, -0.05) is 25.1 Å². The van der Waals surface area contributed by atoms with Gasteiger partial charge < -0.3 is 5.32 Å². The van der Waals surface area contributed by atoms with Crippen LogP contribution in [-0.4, -0.2) is 17.0 Å². The van der Waals surface area contributed by atoms with Gasteiger partial charge in [0.25, 0.3) is 0 Å². The van der Waals surface area contributed by atoms with Gasteiger partial charge in [0, 0.05) is 11.9 Å². The van der Waals surface area contributed by atoms with Gasteiger partial charge in [0.2, 0.25) is 0 Å². The maximum Gasteiger partial charge on any atom is 0.143 e. The minimum atomic E-state index is 0.794. The minimum absolute atomic E-state index is 0.794. The Hall–Kier alpha value is -0.820. The summed E-state index contributed by atoms with van der Waals surface area (Å²) in [5, 5.41) is 3.14. The van der Waals surface area contributed by atoms with Crippen LogP contribution in [0.2, 0.25) is 0 Å². The second-order valence-corrected chi connectivity index (χ2v) is 6.08.